The van der Waals surface area contributed by atoms with Crippen molar-refractivity contribution < 1.29 is 24.0 Å². The van der Waals surface area contributed by atoms with Gasteiger partial charge >= 0.3 is 5.97 Å². The van der Waals surface area contributed by atoms with E-state index >= 15 is 0 Å². The van der Waals surface area contributed by atoms with Crippen molar-refractivity contribution in [2.24, 2.45) is 5.73 Å². The fourth-order valence-electron chi connectivity index (χ4n) is 2.14. The molecule has 0 radical (unpaired) electrons. The topological polar surface area (TPSA) is 127 Å². The smallest absolute Gasteiger partial charge is 0.325 e. The van der Waals surface area contributed by atoms with Crippen molar-refractivity contribution in [3.05, 3.63) is 39.7 Å². The quantitative estimate of drug-likeness (QED) is 0.612. The maximum Gasteiger partial charge on any atom is 0.325 e. The van der Waals surface area contributed by atoms with Gasteiger partial charge in [-0.2, -0.15) is 0 Å². The Morgan fingerprint density at radius 2 is 2.14 bits per heavy atom. The normalized spacial score (nSPS) is 21.3. The van der Waals surface area contributed by atoms with Crippen molar-refractivity contribution in [3.8, 4) is 0 Å². The molecule has 0 aliphatic carbocycles. The van der Waals surface area contributed by atoms with Gasteiger partial charge in [-0.05, 0) is 12.5 Å². The van der Waals surface area contributed by atoms with E-state index in [1.54, 1.807) is 0 Å². The fraction of sp³-hybridized carbons (Fsp3) is 0.333. The molecular weight excluding hydrogens is 285 g/mol. The third kappa shape index (κ3) is 2.68. The SMILES string of the molecule is NC1(C(=O)O)CCN(C(=O)c2ccc([N+](=O)[O-])cc2F)C1. The number of likely N-dealkylation sites (tertiary alicyclic amines) is 1. The number of rotatable bonds is 3. The lowest BCUT2D eigenvalue weighted by Crippen LogP contribution is -2.50. The molecule has 0 spiro atoms. The van der Waals surface area contributed by atoms with Crippen LogP contribution >= 0.6 is 0 Å². The third-order valence-electron chi connectivity index (χ3n) is 3.41. The van der Waals surface area contributed by atoms with Crippen LogP contribution in [0.4, 0.5) is 10.1 Å². The van der Waals surface area contributed by atoms with Crippen molar-refractivity contribution in [1.82, 2.24) is 4.90 Å². The van der Waals surface area contributed by atoms with Gasteiger partial charge in [0, 0.05) is 19.2 Å². The molecule has 1 aromatic carbocycles. The van der Waals surface area contributed by atoms with Gasteiger partial charge in [0.1, 0.15) is 11.4 Å². The number of non-ortho nitro benzene ring substituents is 1. The Labute approximate surface area is 118 Å². The lowest BCUT2D eigenvalue weighted by Gasteiger charge is -2.20. The first kappa shape index (κ1) is 14.9. The Hall–Kier alpha value is -2.55. The molecule has 21 heavy (non-hydrogen) atoms. The zero-order valence-corrected chi connectivity index (χ0v) is 10.8. The predicted octanol–water partition coefficient (Wildman–Crippen LogP) is 0.362. The summed E-state index contributed by atoms with van der Waals surface area (Å²) in [6.07, 6.45) is 0.0582. The fourth-order valence-corrected chi connectivity index (χ4v) is 2.14. The second-order valence-electron chi connectivity index (χ2n) is 4.86. The molecule has 3 N–H and O–H groups in total. The number of carboxylic acid groups (broad SMARTS) is 1. The Morgan fingerprint density at radius 1 is 1.48 bits per heavy atom. The summed E-state index contributed by atoms with van der Waals surface area (Å²) in [7, 11) is 0. The molecule has 1 unspecified atom stereocenters. The summed E-state index contributed by atoms with van der Waals surface area (Å²) >= 11 is 0. The highest BCUT2D eigenvalue weighted by atomic mass is 19.1. The highest BCUT2D eigenvalue weighted by Crippen LogP contribution is 2.23. The second-order valence-corrected chi connectivity index (χ2v) is 4.86. The average Bonchev–Trinajstić information content (AvgIpc) is 2.82. The second kappa shape index (κ2) is 5.09. The highest BCUT2D eigenvalue weighted by Gasteiger charge is 2.43. The van der Waals surface area contributed by atoms with Crippen LogP contribution in [0.5, 0.6) is 0 Å². The largest absolute Gasteiger partial charge is 0.480 e. The van der Waals surface area contributed by atoms with Crippen LogP contribution in [0, 0.1) is 15.9 Å². The number of hydrogen-bond donors (Lipinski definition) is 2. The maximum atomic E-state index is 13.8. The zero-order chi connectivity index (χ0) is 15.8. The number of halogens is 1. The van der Waals surface area contributed by atoms with E-state index in [2.05, 4.69) is 0 Å². The van der Waals surface area contributed by atoms with Gasteiger partial charge in [-0.25, -0.2) is 4.39 Å². The van der Waals surface area contributed by atoms with Crippen LogP contribution < -0.4 is 5.73 Å². The predicted molar refractivity (Wildman–Crippen MR) is 68.1 cm³/mol. The molecule has 1 aromatic rings. The monoisotopic (exact) mass is 297 g/mol. The zero-order valence-electron chi connectivity index (χ0n) is 10.8. The van der Waals surface area contributed by atoms with Crippen molar-refractivity contribution in [3.63, 3.8) is 0 Å². The molecule has 112 valence electrons. The molecule has 1 amide bonds. The highest BCUT2D eigenvalue weighted by molar-refractivity contribution is 5.96. The van der Waals surface area contributed by atoms with Crippen LogP contribution in [0.25, 0.3) is 0 Å². The van der Waals surface area contributed by atoms with Crippen LogP contribution in [0.1, 0.15) is 16.8 Å². The molecule has 1 aliphatic rings. The van der Waals surface area contributed by atoms with Gasteiger partial charge in [0.2, 0.25) is 0 Å². The molecule has 1 aliphatic heterocycles. The first-order valence-corrected chi connectivity index (χ1v) is 6.00. The molecule has 0 aromatic heterocycles. The lowest BCUT2D eigenvalue weighted by atomic mass is 10.0. The average molecular weight is 297 g/mol. The van der Waals surface area contributed by atoms with Gasteiger partial charge in [0.15, 0.2) is 0 Å². The van der Waals surface area contributed by atoms with E-state index < -0.39 is 33.8 Å². The first-order chi connectivity index (χ1) is 9.74. The molecule has 1 fully saturated rings. The van der Waals surface area contributed by atoms with E-state index in [9.17, 15) is 24.1 Å². The van der Waals surface area contributed by atoms with Crippen molar-refractivity contribution in [2.45, 2.75) is 12.0 Å². The maximum absolute atomic E-state index is 13.8. The van der Waals surface area contributed by atoms with E-state index in [0.717, 1.165) is 17.0 Å². The first-order valence-electron chi connectivity index (χ1n) is 6.00. The molecule has 0 saturated carbocycles. The summed E-state index contributed by atoms with van der Waals surface area (Å²) < 4.78 is 13.8. The number of nitrogens with two attached hydrogens (primary N) is 1. The van der Waals surface area contributed by atoms with Crippen LogP contribution in [-0.4, -0.2) is 45.4 Å². The number of amides is 1. The third-order valence-corrected chi connectivity index (χ3v) is 3.41. The summed E-state index contributed by atoms with van der Waals surface area (Å²) in [5, 5.41) is 19.5. The molecular formula is C12H12FN3O5. The number of hydrogen-bond acceptors (Lipinski definition) is 5. The number of aliphatic carboxylic acids is 1. The van der Waals surface area contributed by atoms with Crippen molar-refractivity contribution >= 4 is 17.6 Å². The number of benzene rings is 1. The van der Waals surface area contributed by atoms with E-state index in [-0.39, 0.29) is 25.1 Å². The molecule has 0 bridgehead atoms. The van der Waals surface area contributed by atoms with Gasteiger partial charge in [-0.3, -0.25) is 19.7 Å². The van der Waals surface area contributed by atoms with Crippen molar-refractivity contribution in [1.29, 1.82) is 0 Å². The van der Waals surface area contributed by atoms with E-state index in [4.69, 9.17) is 10.8 Å². The van der Waals surface area contributed by atoms with E-state index in [1.165, 1.54) is 0 Å². The molecule has 1 heterocycles. The summed E-state index contributed by atoms with van der Waals surface area (Å²) in [6.45, 7) is -0.157. The minimum absolute atomic E-state index is 0.0582. The van der Waals surface area contributed by atoms with E-state index in [0.29, 0.717) is 6.07 Å². The number of carboxylic acids is 1. The van der Waals surface area contributed by atoms with Crippen LogP contribution in [0.2, 0.25) is 0 Å². The van der Waals surface area contributed by atoms with Crippen LogP contribution in [-0.2, 0) is 4.79 Å². The summed E-state index contributed by atoms with van der Waals surface area (Å²) in [6, 6.07) is 2.67. The van der Waals surface area contributed by atoms with Gasteiger partial charge in [0.25, 0.3) is 11.6 Å². The van der Waals surface area contributed by atoms with Gasteiger partial charge in [-0.15, -0.1) is 0 Å². The Kier molecular flexibility index (Phi) is 3.60. The number of carbonyl (C=O) groups is 2. The standard InChI is InChI=1S/C12H12FN3O5/c13-9-5-7(16(20)21)1-2-8(9)10(17)15-4-3-12(14,6-15)11(18)19/h1-2,5H,3-4,6,14H2,(H,18,19). The molecule has 9 heteroatoms. The van der Waals surface area contributed by atoms with Crippen LogP contribution in [0.15, 0.2) is 18.2 Å². The number of carbonyl (C=O) groups excluding carboxylic acids is 1. The Balaban J connectivity index is 2.22. The number of nitrogens with zero attached hydrogens (tertiary/aromatic N) is 2. The lowest BCUT2D eigenvalue weighted by molar-refractivity contribution is -0.385. The Morgan fingerprint density at radius 3 is 2.62 bits per heavy atom. The Bertz CT molecular complexity index is 635. The van der Waals surface area contributed by atoms with Gasteiger partial charge in [-0.1, -0.05) is 0 Å². The molecule has 8 nitrogen and oxygen atoms in total. The van der Waals surface area contributed by atoms with Crippen LogP contribution in [0.3, 0.4) is 0 Å². The summed E-state index contributed by atoms with van der Waals surface area (Å²) in [5.41, 5.74) is 3.26. The van der Waals surface area contributed by atoms with Crippen molar-refractivity contribution in [2.75, 3.05) is 13.1 Å². The molecule has 1 saturated heterocycles. The number of nitro benzene ring substituents is 1. The number of nitro groups is 1. The van der Waals surface area contributed by atoms with E-state index in [1.807, 2.05) is 0 Å². The minimum Gasteiger partial charge on any atom is -0.480 e. The van der Waals surface area contributed by atoms with Gasteiger partial charge < -0.3 is 15.7 Å². The summed E-state index contributed by atoms with van der Waals surface area (Å²) in [4.78, 5) is 34.0. The minimum atomic E-state index is -1.55. The molecule has 2 rings (SSSR count). The summed E-state index contributed by atoms with van der Waals surface area (Å²) in [5.74, 6) is -3.00. The molecule has 1 atom stereocenters. The van der Waals surface area contributed by atoms with Gasteiger partial charge in [0.05, 0.1) is 16.6 Å².